The molecular formula is C21H26N2O2. The summed E-state index contributed by atoms with van der Waals surface area (Å²) in [5, 5.41) is 2.91. The van der Waals surface area contributed by atoms with Crippen LogP contribution in [0, 0.1) is 0 Å². The Hall–Kier alpha value is -2.59. The number of nitrogens with zero attached hydrogens (tertiary/aromatic N) is 1. The summed E-state index contributed by atoms with van der Waals surface area (Å²) in [5.74, 6) is 0.610. The molecule has 1 N–H and O–H groups in total. The van der Waals surface area contributed by atoms with Gasteiger partial charge < -0.3 is 15.0 Å². The molecule has 0 aromatic heterocycles. The molecule has 2 aromatic carbocycles. The number of amides is 1. The van der Waals surface area contributed by atoms with Crippen molar-refractivity contribution in [2.24, 2.45) is 0 Å². The van der Waals surface area contributed by atoms with Crippen LogP contribution < -0.4 is 10.1 Å². The highest BCUT2D eigenvalue weighted by Crippen LogP contribution is 2.25. The first-order valence-corrected chi connectivity index (χ1v) is 8.36. The van der Waals surface area contributed by atoms with Crippen LogP contribution in [-0.2, 0) is 11.2 Å². The molecule has 0 heterocycles. The van der Waals surface area contributed by atoms with Crippen LogP contribution in [0.3, 0.4) is 0 Å². The smallest absolute Gasteiger partial charge is 0.248 e. The Labute approximate surface area is 150 Å². The summed E-state index contributed by atoms with van der Waals surface area (Å²) < 4.78 is 5.34. The predicted molar refractivity (Wildman–Crippen MR) is 104 cm³/mol. The molecule has 0 saturated carbocycles. The number of hydrogen-bond acceptors (Lipinski definition) is 3. The predicted octanol–water partition coefficient (Wildman–Crippen LogP) is 3.84. The summed E-state index contributed by atoms with van der Waals surface area (Å²) in [4.78, 5) is 14.4. The number of benzene rings is 2. The Morgan fingerprint density at radius 1 is 1.12 bits per heavy atom. The van der Waals surface area contributed by atoms with E-state index in [1.165, 1.54) is 5.56 Å². The highest BCUT2D eigenvalue weighted by Gasteiger charge is 2.06. The maximum atomic E-state index is 12.3. The van der Waals surface area contributed by atoms with Crippen LogP contribution in [0.1, 0.15) is 18.1 Å². The minimum absolute atomic E-state index is 0.149. The lowest BCUT2D eigenvalue weighted by molar-refractivity contribution is -0.111. The van der Waals surface area contributed by atoms with Crippen molar-refractivity contribution < 1.29 is 9.53 Å². The second-order valence-corrected chi connectivity index (χ2v) is 6.27. The van der Waals surface area contributed by atoms with E-state index >= 15 is 0 Å². The largest absolute Gasteiger partial charge is 0.496 e. The van der Waals surface area contributed by atoms with E-state index in [-0.39, 0.29) is 5.91 Å². The molecule has 0 aliphatic heterocycles. The minimum atomic E-state index is -0.149. The van der Waals surface area contributed by atoms with Crippen molar-refractivity contribution in [1.29, 1.82) is 0 Å². The number of rotatable bonds is 7. The highest BCUT2D eigenvalue weighted by atomic mass is 16.5. The van der Waals surface area contributed by atoms with E-state index in [9.17, 15) is 4.79 Å². The summed E-state index contributed by atoms with van der Waals surface area (Å²) in [6.45, 7) is 2.91. The zero-order valence-corrected chi connectivity index (χ0v) is 15.4. The number of allylic oxidation sites excluding steroid dienone is 1. The molecule has 0 aliphatic rings. The Bertz CT molecular complexity index is 734. The van der Waals surface area contributed by atoms with Gasteiger partial charge in [0.15, 0.2) is 0 Å². The standard InChI is InChI=1S/C21H26N2O2/c1-16(19-7-5-6-8-20(19)25-4)15-21(24)22-18-11-9-17(10-12-18)13-14-23(2)3/h5-12,15H,13-14H2,1-4H3,(H,22,24)/b16-15+. The van der Waals surface area contributed by atoms with Gasteiger partial charge in [0, 0.05) is 23.9 Å². The molecule has 0 fully saturated rings. The van der Waals surface area contributed by atoms with Crippen molar-refractivity contribution in [2.45, 2.75) is 13.3 Å². The van der Waals surface area contributed by atoms with Gasteiger partial charge in [-0.3, -0.25) is 4.79 Å². The monoisotopic (exact) mass is 338 g/mol. The first kappa shape index (κ1) is 18.7. The highest BCUT2D eigenvalue weighted by molar-refractivity contribution is 6.04. The quantitative estimate of drug-likeness (QED) is 0.780. The number of carbonyl (C=O) groups is 1. The van der Waals surface area contributed by atoms with Gasteiger partial charge in [-0.25, -0.2) is 0 Å². The van der Waals surface area contributed by atoms with Crippen molar-refractivity contribution in [1.82, 2.24) is 4.90 Å². The molecule has 4 heteroatoms. The molecule has 0 spiro atoms. The number of methoxy groups -OCH3 is 1. The van der Waals surface area contributed by atoms with Crippen molar-refractivity contribution in [3.63, 3.8) is 0 Å². The molecule has 132 valence electrons. The van der Waals surface area contributed by atoms with E-state index < -0.39 is 0 Å². The Morgan fingerprint density at radius 2 is 1.80 bits per heavy atom. The van der Waals surface area contributed by atoms with Crippen LogP contribution >= 0.6 is 0 Å². The Kier molecular flexibility index (Phi) is 6.78. The number of likely N-dealkylation sites (N-methyl/N-ethyl adjacent to an activating group) is 1. The van der Waals surface area contributed by atoms with Gasteiger partial charge >= 0.3 is 0 Å². The van der Waals surface area contributed by atoms with Crippen LogP contribution in [0.25, 0.3) is 5.57 Å². The maximum Gasteiger partial charge on any atom is 0.248 e. The van der Waals surface area contributed by atoms with Crippen LogP contribution in [0.5, 0.6) is 5.75 Å². The van der Waals surface area contributed by atoms with Gasteiger partial charge in [-0.15, -0.1) is 0 Å². The van der Waals surface area contributed by atoms with E-state index in [0.29, 0.717) is 0 Å². The molecule has 0 saturated heterocycles. The summed E-state index contributed by atoms with van der Waals surface area (Å²) in [6.07, 6.45) is 2.59. The van der Waals surface area contributed by atoms with Gasteiger partial charge in [0.05, 0.1) is 7.11 Å². The number of ether oxygens (including phenoxy) is 1. The lowest BCUT2D eigenvalue weighted by Crippen LogP contribution is -2.15. The zero-order valence-electron chi connectivity index (χ0n) is 15.4. The van der Waals surface area contributed by atoms with Crippen molar-refractivity contribution in [3.05, 3.63) is 65.7 Å². The SMILES string of the molecule is COc1ccccc1/C(C)=C/C(=O)Nc1ccc(CCN(C)C)cc1. The van der Waals surface area contributed by atoms with E-state index in [0.717, 1.165) is 35.5 Å². The van der Waals surface area contributed by atoms with Crippen molar-refractivity contribution >= 4 is 17.2 Å². The molecule has 4 nitrogen and oxygen atoms in total. The number of nitrogens with one attached hydrogen (secondary N) is 1. The Morgan fingerprint density at radius 3 is 2.44 bits per heavy atom. The third-order valence-corrected chi connectivity index (χ3v) is 3.95. The molecule has 0 unspecified atom stereocenters. The van der Waals surface area contributed by atoms with Gasteiger partial charge in [0.25, 0.3) is 0 Å². The van der Waals surface area contributed by atoms with Crippen LogP contribution in [0.4, 0.5) is 5.69 Å². The zero-order chi connectivity index (χ0) is 18.2. The molecule has 2 rings (SSSR count). The first-order valence-electron chi connectivity index (χ1n) is 8.36. The summed E-state index contributed by atoms with van der Waals surface area (Å²) in [5.41, 5.74) is 3.83. The van der Waals surface area contributed by atoms with Crippen LogP contribution in [0.15, 0.2) is 54.6 Å². The topological polar surface area (TPSA) is 41.6 Å². The summed E-state index contributed by atoms with van der Waals surface area (Å²) in [7, 11) is 5.75. The molecule has 0 radical (unpaired) electrons. The average molecular weight is 338 g/mol. The minimum Gasteiger partial charge on any atom is -0.496 e. The van der Waals surface area contributed by atoms with Crippen LogP contribution in [0.2, 0.25) is 0 Å². The lowest BCUT2D eigenvalue weighted by Gasteiger charge is -2.10. The number of anilines is 1. The van der Waals surface area contributed by atoms with E-state index in [1.807, 2.05) is 43.3 Å². The second kappa shape index (κ2) is 9.04. The van der Waals surface area contributed by atoms with E-state index in [2.05, 4.69) is 36.4 Å². The summed E-state index contributed by atoms with van der Waals surface area (Å²) in [6, 6.07) is 15.7. The number of para-hydroxylation sites is 1. The van der Waals surface area contributed by atoms with Gasteiger partial charge in [-0.05, 0) is 56.8 Å². The lowest BCUT2D eigenvalue weighted by atomic mass is 10.1. The molecule has 0 aliphatic carbocycles. The maximum absolute atomic E-state index is 12.3. The molecule has 2 aromatic rings. The normalized spacial score (nSPS) is 11.5. The fourth-order valence-corrected chi connectivity index (χ4v) is 2.53. The molecule has 1 amide bonds. The molecule has 0 bridgehead atoms. The molecular weight excluding hydrogens is 312 g/mol. The Balaban J connectivity index is 2.01. The third-order valence-electron chi connectivity index (χ3n) is 3.95. The number of hydrogen-bond donors (Lipinski definition) is 1. The third kappa shape index (κ3) is 5.76. The van der Waals surface area contributed by atoms with E-state index in [1.54, 1.807) is 13.2 Å². The fraction of sp³-hybridized carbons (Fsp3) is 0.286. The van der Waals surface area contributed by atoms with Gasteiger partial charge in [-0.1, -0.05) is 30.3 Å². The van der Waals surface area contributed by atoms with Gasteiger partial charge in [0.1, 0.15) is 5.75 Å². The van der Waals surface area contributed by atoms with Gasteiger partial charge in [0.2, 0.25) is 5.91 Å². The fourth-order valence-electron chi connectivity index (χ4n) is 2.53. The molecule has 0 atom stereocenters. The first-order chi connectivity index (χ1) is 12.0. The van der Waals surface area contributed by atoms with E-state index in [4.69, 9.17) is 4.74 Å². The molecule has 25 heavy (non-hydrogen) atoms. The number of carbonyl (C=O) groups excluding carboxylic acids is 1. The van der Waals surface area contributed by atoms with Gasteiger partial charge in [-0.2, -0.15) is 0 Å². The van der Waals surface area contributed by atoms with Crippen LogP contribution in [-0.4, -0.2) is 38.6 Å². The summed E-state index contributed by atoms with van der Waals surface area (Å²) >= 11 is 0. The van der Waals surface area contributed by atoms with Crippen molar-refractivity contribution in [3.8, 4) is 5.75 Å². The second-order valence-electron chi connectivity index (χ2n) is 6.27. The average Bonchev–Trinajstić information content (AvgIpc) is 2.60. The van der Waals surface area contributed by atoms with Crippen molar-refractivity contribution in [2.75, 3.05) is 33.1 Å².